The molecular formula is C32H45N3O4S. The van der Waals surface area contributed by atoms with Crippen molar-refractivity contribution < 1.29 is 19.1 Å². The van der Waals surface area contributed by atoms with Gasteiger partial charge in [0.1, 0.15) is 17.7 Å². The molecule has 0 heterocycles. The largest absolute Gasteiger partial charge is 0.444 e. The zero-order chi connectivity index (χ0) is 29.5. The van der Waals surface area contributed by atoms with Crippen LogP contribution < -0.4 is 10.6 Å². The van der Waals surface area contributed by atoms with E-state index in [2.05, 4.69) is 24.1 Å². The van der Waals surface area contributed by atoms with Crippen LogP contribution in [0.1, 0.15) is 76.1 Å². The second kappa shape index (κ2) is 16.8. The maximum Gasteiger partial charge on any atom is 0.408 e. The van der Waals surface area contributed by atoms with Crippen LogP contribution in [-0.2, 0) is 20.9 Å². The van der Waals surface area contributed by atoms with Crippen LogP contribution in [0.25, 0.3) is 6.08 Å². The van der Waals surface area contributed by atoms with E-state index in [-0.39, 0.29) is 11.8 Å². The van der Waals surface area contributed by atoms with Gasteiger partial charge in [0.05, 0.1) is 0 Å². The second-order valence-electron chi connectivity index (χ2n) is 10.7. The molecule has 0 radical (unpaired) electrons. The molecule has 8 heteroatoms. The quantitative estimate of drug-likeness (QED) is 0.245. The fourth-order valence-electron chi connectivity index (χ4n) is 4.25. The lowest BCUT2D eigenvalue weighted by Crippen LogP contribution is -2.53. The lowest BCUT2D eigenvalue weighted by atomic mass is 9.99. The zero-order valence-corrected chi connectivity index (χ0v) is 25.4. The molecule has 2 unspecified atom stereocenters. The molecule has 0 fully saturated rings. The second-order valence-corrected chi connectivity index (χ2v) is 11.7. The van der Waals surface area contributed by atoms with Crippen LogP contribution in [0.15, 0.2) is 61.2 Å². The first-order valence-corrected chi connectivity index (χ1v) is 15.3. The Balaban J connectivity index is 2.49. The van der Waals surface area contributed by atoms with Crippen molar-refractivity contribution in [1.29, 1.82) is 0 Å². The van der Waals surface area contributed by atoms with Gasteiger partial charge in [-0.1, -0.05) is 81.0 Å². The summed E-state index contributed by atoms with van der Waals surface area (Å²) in [6.07, 6.45) is 6.03. The standard InChI is InChI=1S/C32H45N3O4S/c1-7-9-13-20-35(30(37)27(19-21-40-6)34-31(38)39-32(3,4)5)28(26-18-14-17-24(8-2)22-26)29(36)33-23-25-15-11-10-12-16-25/h8,10-12,14-18,22,27-28H,2,7,9,13,19-21,23H2,1,3-6H3,(H,33,36)(H,34,38). The number of nitrogens with one attached hydrogen (secondary N) is 2. The van der Waals surface area contributed by atoms with E-state index in [1.165, 1.54) is 0 Å². The lowest BCUT2D eigenvalue weighted by molar-refractivity contribution is -0.142. The summed E-state index contributed by atoms with van der Waals surface area (Å²) in [5.41, 5.74) is 1.80. The summed E-state index contributed by atoms with van der Waals surface area (Å²) in [6.45, 7) is 12.0. The van der Waals surface area contributed by atoms with Crippen molar-refractivity contribution in [3.63, 3.8) is 0 Å². The van der Waals surface area contributed by atoms with Crippen molar-refractivity contribution in [2.24, 2.45) is 0 Å². The Kier molecular flexibility index (Phi) is 13.8. The van der Waals surface area contributed by atoms with Gasteiger partial charge in [0.25, 0.3) is 0 Å². The molecule has 3 amide bonds. The summed E-state index contributed by atoms with van der Waals surface area (Å²) < 4.78 is 5.47. The Morgan fingerprint density at radius 3 is 2.42 bits per heavy atom. The topological polar surface area (TPSA) is 87.7 Å². The van der Waals surface area contributed by atoms with Gasteiger partial charge in [-0.15, -0.1) is 0 Å². The summed E-state index contributed by atoms with van der Waals surface area (Å²) in [5, 5.41) is 5.83. The molecule has 2 N–H and O–H groups in total. The minimum Gasteiger partial charge on any atom is -0.444 e. The minimum absolute atomic E-state index is 0.282. The van der Waals surface area contributed by atoms with Crippen molar-refractivity contribution in [3.05, 3.63) is 77.9 Å². The van der Waals surface area contributed by atoms with Crippen molar-refractivity contribution in [2.45, 2.75) is 77.6 Å². The average molecular weight is 568 g/mol. The van der Waals surface area contributed by atoms with Crippen molar-refractivity contribution in [2.75, 3.05) is 18.6 Å². The third-order valence-electron chi connectivity index (χ3n) is 6.22. The monoisotopic (exact) mass is 567 g/mol. The average Bonchev–Trinajstić information content (AvgIpc) is 2.93. The highest BCUT2D eigenvalue weighted by Crippen LogP contribution is 2.26. The molecular weight excluding hydrogens is 522 g/mol. The molecule has 2 atom stereocenters. The molecule has 40 heavy (non-hydrogen) atoms. The third kappa shape index (κ3) is 11.1. The minimum atomic E-state index is -0.884. The number of carbonyl (C=O) groups is 3. The zero-order valence-electron chi connectivity index (χ0n) is 24.6. The Morgan fingerprint density at radius 2 is 1.80 bits per heavy atom. The summed E-state index contributed by atoms with van der Waals surface area (Å²) in [7, 11) is 0. The van der Waals surface area contributed by atoms with Gasteiger partial charge in [0.2, 0.25) is 11.8 Å². The molecule has 0 aliphatic rings. The highest BCUT2D eigenvalue weighted by atomic mass is 32.2. The maximum atomic E-state index is 14.2. The Morgan fingerprint density at radius 1 is 1.07 bits per heavy atom. The number of hydrogen-bond acceptors (Lipinski definition) is 5. The lowest BCUT2D eigenvalue weighted by Gasteiger charge is -2.34. The van der Waals surface area contributed by atoms with Gasteiger partial charge < -0.3 is 20.3 Å². The predicted molar refractivity (Wildman–Crippen MR) is 165 cm³/mol. The van der Waals surface area contributed by atoms with Gasteiger partial charge in [0.15, 0.2) is 0 Å². The number of unbranched alkanes of at least 4 members (excludes halogenated alkanes) is 2. The predicted octanol–water partition coefficient (Wildman–Crippen LogP) is 6.35. The van der Waals surface area contributed by atoms with Gasteiger partial charge >= 0.3 is 6.09 Å². The van der Waals surface area contributed by atoms with Crippen molar-refractivity contribution in [3.8, 4) is 0 Å². The molecule has 0 aliphatic heterocycles. The fraction of sp³-hybridized carbons (Fsp3) is 0.469. The van der Waals surface area contributed by atoms with E-state index in [0.29, 0.717) is 30.8 Å². The van der Waals surface area contributed by atoms with Crippen LogP contribution in [0.4, 0.5) is 4.79 Å². The first kappa shape index (κ1) is 32.9. The number of ether oxygens (including phenoxy) is 1. The van der Waals surface area contributed by atoms with Crippen LogP contribution in [0, 0.1) is 0 Å². The summed E-state index contributed by atoms with van der Waals surface area (Å²) >= 11 is 1.59. The first-order chi connectivity index (χ1) is 19.1. The van der Waals surface area contributed by atoms with Gasteiger partial charge in [-0.2, -0.15) is 11.8 Å². The maximum absolute atomic E-state index is 14.2. The van der Waals surface area contributed by atoms with Crippen LogP contribution in [0.5, 0.6) is 0 Å². The number of amides is 3. The van der Waals surface area contributed by atoms with Crippen LogP contribution in [0.2, 0.25) is 0 Å². The van der Waals surface area contributed by atoms with Gasteiger partial charge in [-0.25, -0.2) is 4.79 Å². The van der Waals surface area contributed by atoms with E-state index in [0.717, 1.165) is 30.4 Å². The van der Waals surface area contributed by atoms with Crippen LogP contribution in [0.3, 0.4) is 0 Å². The summed E-state index contributed by atoms with van der Waals surface area (Å²) in [4.78, 5) is 42.5. The number of alkyl carbamates (subject to hydrolysis) is 1. The van der Waals surface area contributed by atoms with E-state index < -0.39 is 23.8 Å². The van der Waals surface area contributed by atoms with Gasteiger partial charge in [-0.05, 0) is 68.4 Å². The normalized spacial score (nSPS) is 12.6. The molecule has 2 rings (SSSR count). The number of benzene rings is 2. The molecule has 2 aromatic rings. The molecule has 0 spiro atoms. The third-order valence-corrected chi connectivity index (χ3v) is 6.86. The van der Waals surface area contributed by atoms with E-state index in [9.17, 15) is 14.4 Å². The number of hydrogen-bond donors (Lipinski definition) is 2. The van der Waals surface area contributed by atoms with E-state index >= 15 is 0 Å². The van der Waals surface area contributed by atoms with Crippen LogP contribution in [-0.4, -0.2) is 53.0 Å². The van der Waals surface area contributed by atoms with Gasteiger partial charge in [-0.3, -0.25) is 9.59 Å². The van der Waals surface area contributed by atoms with E-state index in [1.54, 1.807) is 43.5 Å². The summed E-state index contributed by atoms with van der Waals surface area (Å²) in [5.74, 6) is 0.0712. The summed E-state index contributed by atoms with van der Waals surface area (Å²) in [6, 6.07) is 15.5. The number of thioether (sulfide) groups is 1. The van der Waals surface area contributed by atoms with E-state index in [4.69, 9.17) is 4.74 Å². The highest BCUT2D eigenvalue weighted by molar-refractivity contribution is 7.98. The van der Waals surface area contributed by atoms with Crippen molar-refractivity contribution in [1.82, 2.24) is 15.5 Å². The highest BCUT2D eigenvalue weighted by Gasteiger charge is 2.36. The number of nitrogens with zero attached hydrogens (tertiary/aromatic N) is 1. The molecule has 7 nitrogen and oxygen atoms in total. The Hall–Kier alpha value is -3.26. The molecule has 0 bridgehead atoms. The SMILES string of the molecule is C=Cc1cccc(C(C(=O)NCc2ccccc2)N(CCCCC)C(=O)C(CCSC)NC(=O)OC(C)(C)C)c1. The van der Waals surface area contributed by atoms with E-state index in [1.807, 2.05) is 60.9 Å². The van der Waals surface area contributed by atoms with Gasteiger partial charge in [0, 0.05) is 13.1 Å². The fourth-order valence-corrected chi connectivity index (χ4v) is 4.72. The molecule has 218 valence electrons. The Bertz CT molecular complexity index is 1100. The number of rotatable bonds is 15. The Labute approximate surface area is 244 Å². The smallest absolute Gasteiger partial charge is 0.408 e. The first-order valence-electron chi connectivity index (χ1n) is 13.9. The molecule has 2 aromatic carbocycles. The molecule has 0 saturated carbocycles. The molecule has 0 saturated heterocycles. The van der Waals surface area contributed by atoms with Crippen molar-refractivity contribution >= 4 is 35.7 Å². The molecule has 0 aromatic heterocycles. The number of carbonyl (C=O) groups excluding carboxylic acids is 3. The molecule has 0 aliphatic carbocycles. The van der Waals surface area contributed by atoms with Crippen LogP contribution >= 0.6 is 11.8 Å².